The highest BCUT2D eigenvalue weighted by Gasteiger charge is 2.42. The maximum Gasteiger partial charge on any atom is 0.247 e. The summed E-state index contributed by atoms with van der Waals surface area (Å²) in [7, 11) is 0. The number of nitrogens with two attached hydrogens (primary N) is 1. The average molecular weight is 469 g/mol. The fourth-order valence-electron chi connectivity index (χ4n) is 4.21. The number of halogens is 1. The van der Waals surface area contributed by atoms with Crippen LogP contribution in [0.2, 0.25) is 0 Å². The summed E-state index contributed by atoms with van der Waals surface area (Å²) < 4.78 is 14.4. The van der Waals surface area contributed by atoms with Gasteiger partial charge in [-0.05, 0) is 29.5 Å². The molecule has 0 aromatic heterocycles. The molecular formula is C25H33FN6O2. The molecule has 1 aliphatic heterocycles. The van der Waals surface area contributed by atoms with Crippen LogP contribution in [0.1, 0.15) is 55.8 Å². The van der Waals surface area contributed by atoms with E-state index < -0.39 is 36.1 Å². The molecule has 0 saturated carbocycles. The van der Waals surface area contributed by atoms with Crippen molar-refractivity contribution >= 4 is 18.2 Å². The molecule has 34 heavy (non-hydrogen) atoms. The molecule has 2 amide bonds. The maximum atomic E-state index is 14.4. The molecule has 1 heterocycles. The molecule has 5 N–H and O–H groups in total. The van der Waals surface area contributed by atoms with Crippen LogP contribution in [-0.4, -0.2) is 52.9 Å². The van der Waals surface area contributed by atoms with E-state index in [0.717, 1.165) is 22.5 Å². The van der Waals surface area contributed by atoms with Crippen molar-refractivity contribution in [3.05, 3.63) is 71.3 Å². The van der Waals surface area contributed by atoms with E-state index in [-0.39, 0.29) is 13.0 Å². The number of carbonyl (C=O) groups excluding carboxylic acids is 2. The molecule has 4 atom stereocenters. The Morgan fingerprint density at radius 2 is 1.68 bits per heavy atom. The van der Waals surface area contributed by atoms with Gasteiger partial charge in [-0.15, -0.1) is 0 Å². The highest BCUT2D eigenvalue weighted by Crippen LogP contribution is 2.27. The van der Waals surface area contributed by atoms with E-state index in [4.69, 9.17) is 11.3 Å². The SMILES string of the molecule is CC(C)c1ccc([C@@H](NC(=O)[C@@H]2C[C@@H](F)CN2C(=O)C(C)N(C=N)NN)c2ccccc2)cc1. The lowest BCUT2D eigenvalue weighted by Gasteiger charge is -2.31. The van der Waals surface area contributed by atoms with Gasteiger partial charge in [-0.2, -0.15) is 5.53 Å². The number of hydrogen-bond donors (Lipinski definition) is 4. The van der Waals surface area contributed by atoms with E-state index in [1.165, 1.54) is 17.4 Å². The van der Waals surface area contributed by atoms with Gasteiger partial charge >= 0.3 is 0 Å². The second-order valence-electron chi connectivity index (χ2n) is 8.85. The average Bonchev–Trinajstić information content (AvgIpc) is 3.25. The van der Waals surface area contributed by atoms with Crippen LogP contribution >= 0.6 is 0 Å². The first-order valence-corrected chi connectivity index (χ1v) is 11.4. The molecule has 1 unspecified atom stereocenters. The molecule has 2 aromatic rings. The first-order chi connectivity index (χ1) is 16.3. The van der Waals surface area contributed by atoms with Gasteiger partial charge in [0.25, 0.3) is 0 Å². The summed E-state index contributed by atoms with van der Waals surface area (Å²) in [5, 5.41) is 11.5. The summed E-state index contributed by atoms with van der Waals surface area (Å²) in [5.41, 5.74) is 5.22. The minimum absolute atomic E-state index is 0.0846. The zero-order chi connectivity index (χ0) is 24.8. The quantitative estimate of drug-likeness (QED) is 0.196. The predicted molar refractivity (Wildman–Crippen MR) is 129 cm³/mol. The molecule has 0 bridgehead atoms. The fourth-order valence-corrected chi connectivity index (χ4v) is 4.21. The lowest BCUT2D eigenvalue weighted by molar-refractivity contribution is -0.142. The molecule has 8 nitrogen and oxygen atoms in total. The molecule has 9 heteroatoms. The predicted octanol–water partition coefficient (Wildman–Crippen LogP) is 2.63. The fraction of sp³-hybridized carbons (Fsp3) is 0.400. The Morgan fingerprint density at radius 3 is 2.24 bits per heavy atom. The number of hydrazine groups is 2. The van der Waals surface area contributed by atoms with Gasteiger partial charge < -0.3 is 10.2 Å². The summed E-state index contributed by atoms with van der Waals surface area (Å²) in [6.07, 6.45) is -0.530. The van der Waals surface area contributed by atoms with Gasteiger partial charge in [0.1, 0.15) is 18.3 Å². The normalized spacial score (nSPS) is 19.5. The Hall–Kier alpha value is -3.30. The van der Waals surface area contributed by atoms with Crippen LogP contribution in [0.3, 0.4) is 0 Å². The zero-order valence-corrected chi connectivity index (χ0v) is 19.7. The molecule has 0 radical (unpaired) electrons. The highest BCUT2D eigenvalue weighted by atomic mass is 19.1. The smallest absolute Gasteiger partial charge is 0.247 e. The van der Waals surface area contributed by atoms with Crippen LogP contribution in [0.15, 0.2) is 54.6 Å². The van der Waals surface area contributed by atoms with Crippen LogP contribution < -0.4 is 16.7 Å². The first-order valence-electron chi connectivity index (χ1n) is 11.4. The number of alkyl halides is 1. The number of rotatable bonds is 9. The summed E-state index contributed by atoms with van der Waals surface area (Å²) in [5.74, 6) is 4.83. The van der Waals surface area contributed by atoms with Crippen molar-refractivity contribution < 1.29 is 14.0 Å². The van der Waals surface area contributed by atoms with Crippen molar-refractivity contribution in [2.75, 3.05) is 6.54 Å². The lowest BCUT2D eigenvalue weighted by atomic mass is 9.95. The molecule has 1 saturated heterocycles. The molecule has 2 aromatic carbocycles. The van der Waals surface area contributed by atoms with Crippen LogP contribution in [0.5, 0.6) is 0 Å². The van der Waals surface area contributed by atoms with E-state index in [1.807, 2.05) is 54.6 Å². The Labute approximate surface area is 199 Å². The number of likely N-dealkylation sites (tertiary alicyclic amines) is 1. The third kappa shape index (κ3) is 5.60. The van der Waals surface area contributed by atoms with Crippen LogP contribution in [0.25, 0.3) is 0 Å². The van der Waals surface area contributed by atoms with E-state index in [2.05, 4.69) is 24.7 Å². The minimum Gasteiger partial charge on any atom is -0.343 e. The summed E-state index contributed by atoms with van der Waals surface area (Å²) in [6.45, 7) is 5.59. The first kappa shape index (κ1) is 25.3. The Morgan fingerprint density at radius 1 is 1.09 bits per heavy atom. The van der Waals surface area contributed by atoms with Gasteiger partial charge in [0, 0.05) is 6.42 Å². The monoisotopic (exact) mass is 468 g/mol. The topological polar surface area (TPSA) is 115 Å². The zero-order valence-electron chi connectivity index (χ0n) is 19.7. The molecule has 3 rings (SSSR count). The highest BCUT2D eigenvalue weighted by molar-refractivity contribution is 5.91. The standard InChI is InChI=1S/C25H33FN6O2/c1-16(2)18-9-11-20(12-10-18)23(19-7-5-4-6-8-19)29-24(33)22-13-21(26)14-31(22)25(34)17(3)32(15-27)30-28/h4-12,15-17,21-23,27,30H,13-14,28H2,1-3H3,(H,29,33)/t17?,21-,22+,23+/m1/s1. The van der Waals surface area contributed by atoms with Crippen molar-refractivity contribution in [3.8, 4) is 0 Å². The molecular weight excluding hydrogens is 435 g/mol. The van der Waals surface area contributed by atoms with Crippen molar-refractivity contribution in [2.45, 2.75) is 57.4 Å². The second kappa shape index (κ2) is 11.2. The van der Waals surface area contributed by atoms with Crippen molar-refractivity contribution in [2.24, 2.45) is 5.84 Å². The largest absolute Gasteiger partial charge is 0.343 e. The Bertz CT molecular complexity index is 985. The summed E-state index contributed by atoms with van der Waals surface area (Å²) >= 11 is 0. The molecule has 1 fully saturated rings. The van der Waals surface area contributed by atoms with Crippen LogP contribution in [-0.2, 0) is 9.59 Å². The summed E-state index contributed by atoms with van der Waals surface area (Å²) in [4.78, 5) is 27.7. The third-order valence-corrected chi connectivity index (χ3v) is 6.25. The lowest BCUT2D eigenvalue weighted by Crippen LogP contribution is -2.56. The van der Waals surface area contributed by atoms with Crippen LogP contribution in [0, 0.1) is 5.41 Å². The van der Waals surface area contributed by atoms with Crippen molar-refractivity contribution in [1.82, 2.24) is 20.8 Å². The van der Waals surface area contributed by atoms with Gasteiger partial charge in [0.15, 0.2) is 0 Å². The van der Waals surface area contributed by atoms with Gasteiger partial charge in [0.2, 0.25) is 11.8 Å². The molecule has 0 aliphatic carbocycles. The van der Waals surface area contributed by atoms with Crippen LogP contribution in [0.4, 0.5) is 4.39 Å². The Kier molecular flexibility index (Phi) is 8.36. The van der Waals surface area contributed by atoms with Gasteiger partial charge in [-0.25, -0.2) is 4.39 Å². The third-order valence-electron chi connectivity index (χ3n) is 6.25. The van der Waals surface area contributed by atoms with Gasteiger partial charge in [-0.3, -0.25) is 25.8 Å². The number of nitrogens with one attached hydrogen (secondary N) is 3. The molecule has 182 valence electrons. The minimum atomic E-state index is -1.31. The number of hydrogen-bond acceptors (Lipinski definition) is 5. The van der Waals surface area contributed by atoms with Gasteiger partial charge in [0.05, 0.1) is 18.9 Å². The molecule has 1 aliphatic rings. The van der Waals surface area contributed by atoms with E-state index in [1.54, 1.807) is 0 Å². The Balaban J connectivity index is 1.86. The van der Waals surface area contributed by atoms with Crippen molar-refractivity contribution in [3.63, 3.8) is 0 Å². The number of amides is 2. The number of benzene rings is 2. The van der Waals surface area contributed by atoms with Gasteiger partial charge in [-0.1, -0.05) is 68.4 Å². The maximum absolute atomic E-state index is 14.4. The van der Waals surface area contributed by atoms with Crippen molar-refractivity contribution in [1.29, 1.82) is 5.41 Å². The van der Waals surface area contributed by atoms with E-state index in [0.29, 0.717) is 5.92 Å². The molecule has 0 spiro atoms. The summed E-state index contributed by atoms with van der Waals surface area (Å²) in [6, 6.07) is 15.3. The second-order valence-corrected chi connectivity index (χ2v) is 8.85. The number of nitrogens with zero attached hydrogens (tertiary/aromatic N) is 2. The van der Waals surface area contributed by atoms with E-state index >= 15 is 0 Å². The number of carbonyl (C=O) groups is 2. The van der Waals surface area contributed by atoms with E-state index in [9.17, 15) is 14.0 Å².